The van der Waals surface area contributed by atoms with Crippen molar-refractivity contribution in [3.05, 3.63) is 40.7 Å². The van der Waals surface area contributed by atoms with Gasteiger partial charge < -0.3 is 9.47 Å². The summed E-state index contributed by atoms with van der Waals surface area (Å²) >= 11 is 0. The molecule has 0 spiro atoms. The van der Waals surface area contributed by atoms with Crippen LogP contribution in [0.2, 0.25) is 0 Å². The van der Waals surface area contributed by atoms with Gasteiger partial charge in [0.2, 0.25) is 0 Å². The van der Waals surface area contributed by atoms with Gasteiger partial charge in [-0.1, -0.05) is 18.1 Å². The molecule has 4 nitrogen and oxygen atoms in total. The molecule has 0 aliphatic carbocycles. The van der Waals surface area contributed by atoms with Crippen LogP contribution in [0.15, 0.2) is 23.8 Å². The van der Waals surface area contributed by atoms with Crippen LogP contribution in [0.4, 0.5) is 4.39 Å². The predicted octanol–water partition coefficient (Wildman–Crippen LogP) is 2.03. The molecular formula is C15H11FO4. The van der Waals surface area contributed by atoms with Crippen LogP contribution in [-0.4, -0.2) is 17.7 Å². The summed E-state index contributed by atoms with van der Waals surface area (Å²) in [6, 6.07) is 4.33. The van der Waals surface area contributed by atoms with Gasteiger partial charge in [-0.15, -0.1) is 6.42 Å². The van der Waals surface area contributed by atoms with Crippen molar-refractivity contribution in [1.82, 2.24) is 0 Å². The average Bonchev–Trinajstić information content (AvgIpc) is 2.34. The van der Waals surface area contributed by atoms with Crippen LogP contribution in [0, 0.1) is 18.2 Å². The fraction of sp³-hybridized carbons (Fsp3) is 0.200. The first kappa shape index (κ1) is 13.8. The summed E-state index contributed by atoms with van der Waals surface area (Å²) in [7, 11) is 0. The van der Waals surface area contributed by atoms with E-state index >= 15 is 0 Å². The molecule has 0 aromatic heterocycles. The normalized spacial score (nSPS) is 17.0. The number of hydrogen-bond donors (Lipinski definition) is 0. The van der Waals surface area contributed by atoms with Gasteiger partial charge in [0.05, 0.1) is 5.56 Å². The molecule has 1 aliphatic rings. The Morgan fingerprint density at radius 1 is 1.25 bits per heavy atom. The summed E-state index contributed by atoms with van der Waals surface area (Å²) in [5.74, 6) is -1.57. The van der Waals surface area contributed by atoms with Crippen molar-refractivity contribution in [2.24, 2.45) is 0 Å². The minimum atomic E-state index is -1.33. The van der Waals surface area contributed by atoms with Crippen LogP contribution in [-0.2, 0) is 19.1 Å². The third kappa shape index (κ3) is 2.54. The number of carbonyl (C=O) groups excluding carboxylic acids is 2. The van der Waals surface area contributed by atoms with Crippen molar-refractivity contribution in [2.45, 2.75) is 19.6 Å². The number of hydrogen-bond acceptors (Lipinski definition) is 4. The van der Waals surface area contributed by atoms with E-state index in [-0.39, 0.29) is 16.7 Å². The zero-order chi connectivity index (χ0) is 14.9. The second-order valence-electron chi connectivity index (χ2n) is 4.59. The smallest absolute Gasteiger partial charge is 0.348 e. The van der Waals surface area contributed by atoms with Crippen molar-refractivity contribution in [3.63, 3.8) is 0 Å². The van der Waals surface area contributed by atoms with Crippen LogP contribution in [0.25, 0.3) is 6.08 Å². The Bertz CT molecular complexity index is 643. The lowest BCUT2D eigenvalue weighted by molar-refractivity contribution is -0.222. The Morgan fingerprint density at radius 2 is 1.85 bits per heavy atom. The van der Waals surface area contributed by atoms with E-state index in [4.69, 9.17) is 15.9 Å². The van der Waals surface area contributed by atoms with Gasteiger partial charge in [-0.25, -0.2) is 14.0 Å². The molecule has 0 radical (unpaired) electrons. The predicted molar refractivity (Wildman–Crippen MR) is 68.6 cm³/mol. The first-order valence-electron chi connectivity index (χ1n) is 5.77. The maximum Gasteiger partial charge on any atom is 0.348 e. The zero-order valence-electron chi connectivity index (χ0n) is 10.9. The molecule has 1 aromatic carbocycles. The lowest BCUT2D eigenvalue weighted by Crippen LogP contribution is -2.41. The van der Waals surface area contributed by atoms with Crippen LogP contribution >= 0.6 is 0 Å². The molecule has 102 valence electrons. The Morgan fingerprint density at radius 3 is 2.40 bits per heavy atom. The van der Waals surface area contributed by atoms with Gasteiger partial charge in [-0.2, -0.15) is 0 Å². The average molecular weight is 274 g/mol. The Kier molecular flexibility index (Phi) is 3.33. The van der Waals surface area contributed by atoms with E-state index in [1.54, 1.807) is 0 Å². The van der Waals surface area contributed by atoms with E-state index in [0.717, 1.165) is 6.08 Å². The van der Waals surface area contributed by atoms with Gasteiger partial charge >= 0.3 is 11.9 Å². The molecule has 1 aromatic rings. The number of esters is 2. The van der Waals surface area contributed by atoms with E-state index < -0.39 is 23.5 Å². The Balaban J connectivity index is 2.44. The van der Waals surface area contributed by atoms with Gasteiger partial charge in [0.15, 0.2) is 0 Å². The van der Waals surface area contributed by atoms with Crippen molar-refractivity contribution >= 4 is 18.0 Å². The summed E-state index contributed by atoms with van der Waals surface area (Å²) in [5, 5.41) is 0. The van der Waals surface area contributed by atoms with Crippen LogP contribution in [0.1, 0.15) is 25.0 Å². The van der Waals surface area contributed by atoms with E-state index in [9.17, 15) is 14.0 Å². The minimum absolute atomic E-state index is 0.0176. The van der Waals surface area contributed by atoms with Crippen molar-refractivity contribution in [3.8, 4) is 12.3 Å². The number of carbonyl (C=O) groups is 2. The fourth-order valence-electron chi connectivity index (χ4n) is 1.71. The standard InChI is InChI=1S/C15H11FO4/c1-4-9-6-5-7-10(12(9)16)8-11-13(17)19-15(2,3)20-14(11)18/h1,5-8H,2-3H3. The van der Waals surface area contributed by atoms with Crippen molar-refractivity contribution in [1.29, 1.82) is 0 Å². The molecule has 0 atom stereocenters. The number of ether oxygens (including phenoxy) is 2. The largest absolute Gasteiger partial charge is 0.419 e. The Hall–Kier alpha value is -2.61. The highest BCUT2D eigenvalue weighted by atomic mass is 19.1. The van der Waals surface area contributed by atoms with Gasteiger partial charge in [0, 0.05) is 19.4 Å². The third-order valence-corrected chi connectivity index (χ3v) is 2.60. The minimum Gasteiger partial charge on any atom is -0.419 e. The van der Waals surface area contributed by atoms with Gasteiger partial charge in [-0.3, -0.25) is 0 Å². The zero-order valence-corrected chi connectivity index (χ0v) is 10.9. The summed E-state index contributed by atoms with van der Waals surface area (Å²) in [4.78, 5) is 23.5. The molecule has 1 heterocycles. The van der Waals surface area contributed by atoms with Crippen molar-refractivity contribution < 1.29 is 23.5 Å². The fourth-order valence-corrected chi connectivity index (χ4v) is 1.71. The summed E-state index contributed by atoms with van der Waals surface area (Å²) < 4.78 is 23.8. The van der Waals surface area contributed by atoms with Crippen LogP contribution in [0.3, 0.4) is 0 Å². The van der Waals surface area contributed by atoms with E-state index in [1.807, 2.05) is 0 Å². The molecule has 0 amide bonds. The van der Waals surface area contributed by atoms with Gasteiger partial charge in [-0.05, 0) is 12.1 Å². The van der Waals surface area contributed by atoms with Gasteiger partial charge in [0.1, 0.15) is 11.4 Å². The maximum absolute atomic E-state index is 13.9. The molecule has 0 saturated carbocycles. The van der Waals surface area contributed by atoms with E-state index in [2.05, 4.69) is 5.92 Å². The number of benzene rings is 1. The number of cyclic esters (lactones) is 2. The number of rotatable bonds is 1. The summed E-state index contributed by atoms with van der Waals surface area (Å²) in [6.45, 7) is 2.86. The van der Waals surface area contributed by atoms with Crippen LogP contribution < -0.4 is 0 Å². The lowest BCUT2D eigenvalue weighted by atomic mass is 10.1. The molecule has 1 aliphatic heterocycles. The third-order valence-electron chi connectivity index (χ3n) is 2.60. The van der Waals surface area contributed by atoms with Gasteiger partial charge in [0.25, 0.3) is 5.79 Å². The monoisotopic (exact) mass is 274 g/mol. The first-order chi connectivity index (χ1) is 9.34. The molecule has 2 rings (SSSR count). The molecular weight excluding hydrogens is 263 g/mol. The highest BCUT2D eigenvalue weighted by molar-refractivity contribution is 6.18. The van der Waals surface area contributed by atoms with E-state index in [1.165, 1.54) is 32.0 Å². The number of halogens is 1. The molecule has 1 saturated heterocycles. The maximum atomic E-state index is 13.9. The van der Waals surface area contributed by atoms with E-state index in [0.29, 0.717) is 0 Å². The molecule has 0 unspecified atom stereocenters. The molecule has 0 bridgehead atoms. The topological polar surface area (TPSA) is 52.6 Å². The molecule has 0 N–H and O–H groups in total. The van der Waals surface area contributed by atoms with Crippen molar-refractivity contribution in [2.75, 3.05) is 0 Å². The summed E-state index contributed by atoms with van der Waals surface area (Å²) in [6.07, 6.45) is 6.21. The Labute approximate surface area is 115 Å². The lowest BCUT2D eigenvalue weighted by Gasteiger charge is -2.29. The highest BCUT2D eigenvalue weighted by Crippen LogP contribution is 2.25. The molecule has 20 heavy (non-hydrogen) atoms. The summed E-state index contributed by atoms with van der Waals surface area (Å²) in [5.41, 5.74) is -0.321. The number of terminal acetylenes is 1. The highest BCUT2D eigenvalue weighted by Gasteiger charge is 2.38. The molecule has 5 heteroatoms. The second kappa shape index (κ2) is 4.82. The molecule has 1 fully saturated rings. The SMILES string of the molecule is C#Cc1cccc(C=C2C(=O)OC(C)(C)OC2=O)c1F. The van der Waals surface area contributed by atoms with Crippen LogP contribution in [0.5, 0.6) is 0 Å². The first-order valence-corrected chi connectivity index (χ1v) is 5.77. The quantitative estimate of drug-likeness (QED) is 0.340. The second-order valence-corrected chi connectivity index (χ2v) is 4.59.